The number of aromatic amines is 1. The summed E-state index contributed by atoms with van der Waals surface area (Å²) in [6.07, 6.45) is 0. The molecule has 0 aliphatic carbocycles. The van der Waals surface area contributed by atoms with Crippen LogP contribution in [0.3, 0.4) is 0 Å². The summed E-state index contributed by atoms with van der Waals surface area (Å²) >= 11 is 4.81. The van der Waals surface area contributed by atoms with E-state index >= 15 is 0 Å². The van der Waals surface area contributed by atoms with Crippen molar-refractivity contribution in [2.75, 3.05) is 0 Å². The Morgan fingerprint density at radius 1 is 0.750 bits per heavy atom. The first-order valence-corrected chi connectivity index (χ1v) is 14.3. The second-order valence-corrected chi connectivity index (χ2v) is 13.4. The Morgan fingerprint density at radius 2 is 1.08 bits per heavy atom. The second-order valence-electron chi connectivity index (χ2n) is 8.89. The maximum atomic E-state index is 13.8. The van der Waals surface area contributed by atoms with Crippen LogP contribution in [-0.2, 0) is 5.41 Å². The molecule has 0 bridgehead atoms. The standard InChI is InChI=1S/C26H26N2OPS.ClHO4/c1-26(2,3)25-27-23(29)22(24(31)28-25)30(19-13-7-4-8-14-19,20-15-9-5-10-16-20)21-17-11-6-12-18-21;2-1(3,4)5/h4-18H,1-3H3,(H2,27,28,29,31);(H,2,3,4,5)/p-1. The summed E-state index contributed by atoms with van der Waals surface area (Å²) in [5.74, 6) is 0.638. The molecule has 189 valence electrons. The lowest BCUT2D eigenvalue weighted by atomic mass is 9.96. The van der Waals surface area contributed by atoms with Crippen molar-refractivity contribution in [3.05, 3.63) is 107 Å². The normalized spacial score (nSPS) is 12.0. The highest BCUT2D eigenvalue weighted by Crippen LogP contribution is 2.54. The van der Waals surface area contributed by atoms with Crippen LogP contribution in [0.15, 0.2) is 101 Å². The smallest absolute Gasteiger partial charge is 0.260 e. The van der Waals surface area contributed by atoms with Gasteiger partial charge in [-0.1, -0.05) is 112 Å². The van der Waals surface area contributed by atoms with Gasteiger partial charge in [0.05, 0.1) is 5.30 Å². The van der Waals surface area contributed by atoms with Crippen molar-refractivity contribution in [3.8, 4) is 0 Å². The monoisotopic (exact) mass is 544 g/mol. The molecule has 0 aliphatic heterocycles. The zero-order chi connectivity index (χ0) is 26.6. The number of halogens is 1. The molecule has 0 saturated heterocycles. The number of benzene rings is 3. The van der Waals surface area contributed by atoms with Crippen LogP contribution in [0.2, 0.25) is 0 Å². The van der Waals surface area contributed by atoms with Gasteiger partial charge in [-0.15, -0.1) is 22.9 Å². The van der Waals surface area contributed by atoms with Gasteiger partial charge in [0.1, 0.15) is 10.9 Å². The van der Waals surface area contributed by atoms with Gasteiger partial charge in [-0.25, -0.2) is 23.6 Å². The number of nitrogens with zero attached hydrogens (tertiary/aromatic N) is 1. The predicted molar refractivity (Wildman–Crippen MR) is 136 cm³/mol. The van der Waals surface area contributed by atoms with Crippen LogP contribution in [0, 0.1) is 10.2 Å². The minimum absolute atomic E-state index is 0.130. The highest BCUT2D eigenvalue weighted by Gasteiger charge is 2.40. The fraction of sp³-hybridized carbons (Fsp3) is 0.154. The molecule has 0 aliphatic rings. The average molecular weight is 545 g/mol. The van der Waals surface area contributed by atoms with Gasteiger partial charge < -0.3 is 4.98 Å². The topological polar surface area (TPSA) is 138 Å². The van der Waals surface area contributed by atoms with E-state index in [9.17, 15) is 4.79 Å². The van der Waals surface area contributed by atoms with Crippen molar-refractivity contribution < 1.29 is 28.9 Å². The zero-order valence-corrected chi connectivity index (χ0v) is 22.5. The van der Waals surface area contributed by atoms with Crippen molar-refractivity contribution in [2.45, 2.75) is 31.2 Å². The lowest BCUT2D eigenvalue weighted by Gasteiger charge is -2.38. The van der Waals surface area contributed by atoms with Gasteiger partial charge in [-0.2, -0.15) is 0 Å². The number of hydrogen-bond acceptors (Lipinski definition) is 7. The van der Waals surface area contributed by atoms with Crippen molar-refractivity contribution in [1.29, 1.82) is 0 Å². The highest BCUT2D eigenvalue weighted by molar-refractivity contribution is 8.02. The van der Waals surface area contributed by atoms with E-state index in [4.69, 9.17) is 36.2 Å². The number of H-pyrrole nitrogens is 1. The third-order valence-corrected chi connectivity index (χ3v) is 10.2. The highest BCUT2D eigenvalue weighted by atomic mass is 35.7. The van der Waals surface area contributed by atoms with Crippen molar-refractivity contribution in [2.24, 2.45) is 0 Å². The molecule has 10 heteroatoms. The van der Waals surface area contributed by atoms with E-state index in [2.05, 4.69) is 41.4 Å². The molecule has 4 rings (SSSR count). The van der Waals surface area contributed by atoms with Crippen molar-refractivity contribution in [3.63, 3.8) is 0 Å². The Kier molecular flexibility index (Phi) is 8.75. The summed E-state index contributed by atoms with van der Waals surface area (Å²) in [4.78, 5) is 21.6. The van der Waals surface area contributed by atoms with E-state index in [1.54, 1.807) is 0 Å². The number of aromatic nitrogens is 2. The molecule has 0 fully saturated rings. The molecule has 0 unspecified atom stereocenters. The van der Waals surface area contributed by atoms with Crippen LogP contribution in [0.5, 0.6) is 0 Å². The number of hydrogen-bond donors (Lipinski definition) is 2. The lowest BCUT2D eigenvalue weighted by Crippen LogP contribution is -2.68. The molecule has 0 spiro atoms. The summed E-state index contributed by atoms with van der Waals surface area (Å²) in [5, 5.41) is 4.40. The maximum Gasteiger partial charge on any atom is 0.260 e. The fourth-order valence-electron chi connectivity index (χ4n) is 3.90. The molecule has 1 N–H and O–H groups in total. The van der Waals surface area contributed by atoms with E-state index < -0.39 is 17.5 Å². The summed E-state index contributed by atoms with van der Waals surface area (Å²) in [7, 11) is -7.48. The van der Waals surface area contributed by atoms with E-state index in [-0.39, 0.29) is 11.0 Å². The second kappa shape index (κ2) is 11.2. The van der Waals surface area contributed by atoms with Gasteiger partial charge in [0.2, 0.25) is 0 Å². The van der Waals surface area contributed by atoms with Crippen LogP contribution in [0.4, 0.5) is 0 Å². The fourth-order valence-corrected chi connectivity index (χ4v) is 8.79. The van der Waals surface area contributed by atoms with Gasteiger partial charge >= 0.3 is 0 Å². The molecule has 0 atom stereocenters. The van der Waals surface area contributed by atoms with Gasteiger partial charge in [0, 0.05) is 5.41 Å². The Balaban J connectivity index is 0.000000658. The maximum absolute atomic E-state index is 13.8. The van der Waals surface area contributed by atoms with E-state index in [1.807, 2.05) is 75.4 Å². The average Bonchev–Trinajstić information content (AvgIpc) is 2.81. The third kappa shape index (κ3) is 6.41. The molecular weight excluding hydrogens is 519 g/mol. The zero-order valence-electron chi connectivity index (χ0n) is 19.9. The Hall–Kier alpha value is -2.55. The predicted octanol–water partition coefficient (Wildman–Crippen LogP) is -0.780. The summed E-state index contributed by atoms with van der Waals surface area (Å²) in [6.45, 7) is 6.10. The van der Waals surface area contributed by atoms with E-state index in [1.165, 1.54) is 0 Å². The van der Waals surface area contributed by atoms with Crippen LogP contribution in [0.1, 0.15) is 26.6 Å². The molecule has 3 aromatic carbocycles. The number of rotatable bonds is 4. The SMILES string of the molecule is CC(C)(C)c1nc(S)c([P](c2ccccc2)(c2ccccc2)c2ccccc2)c(=O)[nH]1.[O-][Cl+3]([O-])([O-])[O-]. The minimum Gasteiger partial charge on any atom is -0.309 e. The largest absolute Gasteiger partial charge is 0.309 e. The Bertz CT molecular complexity index is 1240. The first-order valence-electron chi connectivity index (χ1n) is 10.9. The molecule has 7 nitrogen and oxygen atoms in total. The quantitative estimate of drug-likeness (QED) is 0.196. The molecule has 0 amide bonds. The van der Waals surface area contributed by atoms with Gasteiger partial charge in [0.25, 0.3) is 5.56 Å². The number of thiol groups is 1. The van der Waals surface area contributed by atoms with E-state index in [0.717, 1.165) is 15.9 Å². The Labute approximate surface area is 218 Å². The van der Waals surface area contributed by atoms with Crippen LogP contribution < -0.4 is 45.4 Å². The Morgan fingerprint density at radius 3 is 1.36 bits per heavy atom. The van der Waals surface area contributed by atoms with Crippen LogP contribution >= 0.6 is 19.9 Å². The van der Waals surface area contributed by atoms with Gasteiger partial charge in [-0.3, -0.25) is 4.79 Å². The summed E-state index contributed by atoms with van der Waals surface area (Å²) in [6, 6.07) is 30.8. The van der Waals surface area contributed by atoms with Crippen molar-refractivity contribution in [1.82, 2.24) is 9.97 Å². The van der Waals surface area contributed by atoms with E-state index in [0.29, 0.717) is 16.2 Å². The minimum atomic E-state index is -4.94. The van der Waals surface area contributed by atoms with Crippen molar-refractivity contribution >= 4 is 41.1 Å². The summed E-state index contributed by atoms with van der Waals surface area (Å²) < 4.78 is 34.0. The molecule has 1 radical (unpaired) electrons. The molecule has 1 heterocycles. The third-order valence-electron chi connectivity index (χ3n) is 5.35. The molecule has 4 aromatic rings. The van der Waals surface area contributed by atoms with Crippen LogP contribution in [0.25, 0.3) is 0 Å². The number of nitrogens with one attached hydrogen (secondary N) is 1. The van der Waals surface area contributed by atoms with Gasteiger partial charge in [-0.05, 0) is 23.2 Å². The lowest BCUT2D eigenvalue weighted by molar-refractivity contribution is -2.00. The molecule has 1 aromatic heterocycles. The summed E-state index contributed by atoms with van der Waals surface area (Å²) in [5.41, 5.74) is -0.419. The first-order chi connectivity index (χ1) is 16.8. The van der Waals surface area contributed by atoms with Gasteiger partial charge in [0.15, 0.2) is 0 Å². The first kappa shape index (κ1) is 28.0. The molecule has 0 saturated carbocycles. The molecule has 36 heavy (non-hydrogen) atoms. The molecular formula is C26H26ClN2O5PS-. The van der Waals surface area contributed by atoms with Crippen LogP contribution in [-0.4, -0.2) is 9.97 Å².